The summed E-state index contributed by atoms with van der Waals surface area (Å²) >= 11 is 0. The van der Waals surface area contributed by atoms with Crippen LogP contribution in [0.5, 0.6) is 5.75 Å². The number of pyridine rings is 1. The molecule has 3 amide bonds. The predicted octanol–water partition coefficient (Wildman–Crippen LogP) is 5.39. The number of rotatable bonds is 13. The number of amides is 3. The highest BCUT2D eigenvalue weighted by Gasteiger charge is 2.41. The van der Waals surface area contributed by atoms with Gasteiger partial charge in [0.25, 0.3) is 5.91 Å². The topological polar surface area (TPSA) is 196 Å². The number of methoxy groups -OCH3 is 1. The Balaban J connectivity index is 1.33. The molecule has 0 saturated carbocycles. The zero-order chi connectivity index (χ0) is 51.7. The van der Waals surface area contributed by atoms with E-state index in [1.807, 2.05) is 39.3 Å². The summed E-state index contributed by atoms with van der Waals surface area (Å²) in [5.41, 5.74) is 9.73. The van der Waals surface area contributed by atoms with E-state index in [1.54, 1.807) is 33.1 Å². The van der Waals surface area contributed by atoms with E-state index in [-0.39, 0.29) is 50.9 Å². The van der Waals surface area contributed by atoms with E-state index in [0.29, 0.717) is 49.0 Å². The van der Waals surface area contributed by atoms with Crippen molar-refractivity contribution >= 4 is 44.6 Å². The van der Waals surface area contributed by atoms with Crippen molar-refractivity contribution in [1.29, 1.82) is 0 Å². The predicted molar refractivity (Wildman–Crippen MR) is 271 cm³/mol. The first-order chi connectivity index (χ1) is 33.6. The molecule has 2 fully saturated rings. The number of sulfonamides is 1. The number of hydrazine groups is 1. The molecule has 4 aromatic rings. The van der Waals surface area contributed by atoms with Gasteiger partial charge in [0.15, 0.2) is 0 Å². The maximum absolute atomic E-state index is 14.8. The fourth-order valence-corrected chi connectivity index (χ4v) is 11.3. The summed E-state index contributed by atoms with van der Waals surface area (Å²) in [6.45, 7) is 16.8. The molecule has 0 aliphatic carbocycles. The van der Waals surface area contributed by atoms with Gasteiger partial charge in [-0.2, -0.15) is 4.31 Å². The highest BCUT2D eigenvalue weighted by Crippen LogP contribution is 2.42. The minimum Gasteiger partial charge on any atom is -0.508 e. The molecule has 17 nitrogen and oxygen atoms in total. The average molecular weight is 995 g/mol. The molecule has 5 atom stereocenters. The SMILES string of the molecule is C=CS(=O)(=O)N1CC[C@H](C(=O)N(C)[C@H](C(=O)N[C@H]2Cc3cc(O)cc(c3)-c3c#cc4c(c3)c(c(-c3cc(CN(C)C)cnc3[C@H](C)OC)n4CC)CC(C)(C)COC(=O)[C@@H]3CCCN(N3)C2=O)C(C)C)C1. The normalized spacial score (nSPS) is 20.8. The summed E-state index contributed by atoms with van der Waals surface area (Å²) in [7, 11) is 3.47. The number of aromatic nitrogens is 2. The van der Waals surface area contributed by atoms with Crippen molar-refractivity contribution in [2.45, 2.75) is 111 Å². The number of ether oxygens (including phenoxy) is 2. The Kier molecular flexibility index (Phi) is 16.0. The number of aromatic hydroxyl groups is 1. The molecule has 0 radical (unpaired) electrons. The van der Waals surface area contributed by atoms with Gasteiger partial charge in [0.2, 0.25) is 21.8 Å². The van der Waals surface area contributed by atoms with Crippen LogP contribution in [-0.4, -0.2) is 138 Å². The van der Waals surface area contributed by atoms with Crippen LogP contribution in [0.15, 0.2) is 48.5 Å². The highest BCUT2D eigenvalue weighted by atomic mass is 32.2. The van der Waals surface area contributed by atoms with Crippen LogP contribution >= 0.6 is 0 Å². The van der Waals surface area contributed by atoms with Gasteiger partial charge in [-0.05, 0) is 112 Å². The van der Waals surface area contributed by atoms with E-state index in [9.17, 15) is 32.7 Å². The molecule has 3 aliphatic rings. The molecular weight excluding hydrogens is 925 g/mol. The molecular formula is C53H70N8O9S. The number of carbonyl (C=O) groups is 4. The summed E-state index contributed by atoms with van der Waals surface area (Å²) < 4.78 is 40.5. The van der Waals surface area contributed by atoms with E-state index in [4.69, 9.17) is 14.5 Å². The molecule has 7 rings (SSSR count). The third kappa shape index (κ3) is 11.4. The molecule has 2 saturated heterocycles. The lowest BCUT2D eigenvalue weighted by molar-refractivity contribution is -0.155. The number of esters is 1. The van der Waals surface area contributed by atoms with E-state index >= 15 is 0 Å². The summed E-state index contributed by atoms with van der Waals surface area (Å²) in [6.07, 6.45) is 3.12. The maximum Gasteiger partial charge on any atom is 0.324 e. The molecule has 2 aromatic carbocycles. The minimum atomic E-state index is -3.74. The standard InChI is InChI=1S/C53H70N8O9S/c1-12-60-45-17-16-36-26-40(45)42(48(60)41-23-35(29-57(8)9)28-54-46(41)33(5)69-11)27-53(6,7)31-70-52(66)43-15-14-19-61(56-43)51(65)44(24-34-21-38(36)25-39(62)22-34)55-49(63)47(32(3)4)58(10)50(64)37-18-20-59(30-37)71(67,68)13-2/h13,21-23,25-26,28,32-33,37,43-44,47,56,62H,2,12,14-15,18-20,24,27,29-31H2,1,3-11H3,(H,55,63)/t33-,37-,43-,44-,47-/m0/s1. The Bertz CT molecular complexity index is 2790. The van der Waals surface area contributed by atoms with Crippen LogP contribution in [0.2, 0.25) is 0 Å². The number of hydrogen-bond acceptors (Lipinski definition) is 12. The number of fused-ring (bicyclic) bond motifs is 6. The van der Waals surface area contributed by atoms with Crippen molar-refractivity contribution in [2.75, 3.05) is 54.5 Å². The Morgan fingerprint density at radius 1 is 1.10 bits per heavy atom. The molecule has 3 N–H and O–H groups in total. The molecule has 6 bridgehead atoms. The van der Waals surface area contributed by atoms with Crippen LogP contribution in [0.1, 0.15) is 89.3 Å². The minimum absolute atomic E-state index is 0.0430. The van der Waals surface area contributed by atoms with Crippen LogP contribution in [-0.2, 0) is 64.6 Å². The van der Waals surface area contributed by atoms with Crippen molar-refractivity contribution in [3.63, 3.8) is 0 Å². The molecule has 0 spiro atoms. The monoisotopic (exact) mass is 994 g/mol. The number of phenols is 1. The van der Waals surface area contributed by atoms with Crippen LogP contribution in [0.3, 0.4) is 0 Å². The van der Waals surface area contributed by atoms with Gasteiger partial charge >= 0.3 is 5.97 Å². The van der Waals surface area contributed by atoms with Gasteiger partial charge in [0.05, 0.1) is 30.0 Å². The second-order valence-corrected chi connectivity index (χ2v) is 22.5. The van der Waals surface area contributed by atoms with Crippen molar-refractivity contribution in [2.24, 2.45) is 17.3 Å². The number of hydrogen-bond donors (Lipinski definition) is 3. The number of nitrogens with zero attached hydrogens (tertiary/aromatic N) is 6. The molecule has 2 aromatic heterocycles. The Morgan fingerprint density at radius 3 is 2.52 bits per heavy atom. The number of cyclic esters (lactones) is 1. The zero-order valence-electron chi connectivity index (χ0n) is 42.8. The number of benzene rings is 1. The summed E-state index contributed by atoms with van der Waals surface area (Å²) in [5.74, 6) is -3.20. The molecule has 382 valence electrons. The van der Waals surface area contributed by atoms with E-state index in [1.165, 1.54) is 21.3 Å². The molecule has 71 heavy (non-hydrogen) atoms. The lowest BCUT2D eigenvalue weighted by atomic mass is 9.84. The van der Waals surface area contributed by atoms with E-state index in [2.05, 4.69) is 65.8 Å². The van der Waals surface area contributed by atoms with Crippen LogP contribution < -0.4 is 10.7 Å². The quantitative estimate of drug-likeness (QED) is 0.145. The van der Waals surface area contributed by atoms with Gasteiger partial charge in [-0.15, -0.1) is 0 Å². The molecule has 5 heterocycles. The lowest BCUT2D eigenvalue weighted by Crippen LogP contribution is -2.62. The first-order valence-electron chi connectivity index (χ1n) is 24.5. The first-order valence-corrected chi connectivity index (χ1v) is 26.0. The number of likely N-dealkylation sites (N-methyl/N-ethyl adjacent to an activating group) is 1. The number of phenolic OH excluding ortho intramolecular Hbond substituents is 1. The Hall–Kier alpha value is -5.84. The summed E-state index contributed by atoms with van der Waals surface area (Å²) in [6, 6.07) is 13.0. The van der Waals surface area contributed by atoms with Crippen LogP contribution in [0, 0.1) is 29.4 Å². The third-order valence-corrected chi connectivity index (χ3v) is 15.3. The Morgan fingerprint density at radius 2 is 1.85 bits per heavy atom. The summed E-state index contributed by atoms with van der Waals surface area (Å²) in [5, 5.41) is 17.4. The van der Waals surface area contributed by atoms with Crippen LogP contribution in [0.4, 0.5) is 0 Å². The van der Waals surface area contributed by atoms with Crippen molar-refractivity contribution < 1.29 is 42.2 Å². The average Bonchev–Trinajstić information content (AvgIpc) is 3.95. The third-order valence-electron chi connectivity index (χ3n) is 13.9. The molecule has 18 heteroatoms. The number of carbonyl (C=O) groups excluding carboxylic acids is 4. The Labute approximate surface area is 418 Å². The van der Waals surface area contributed by atoms with E-state index < -0.39 is 69.1 Å². The second kappa shape index (κ2) is 21.5. The van der Waals surface area contributed by atoms with Gasteiger partial charge in [-0.3, -0.25) is 29.2 Å². The fraction of sp³-hybridized carbons (Fsp3) is 0.528. The lowest BCUT2D eigenvalue weighted by Gasteiger charge is -2.37. The smallest absolute Gasteiger partial charge is 0.324 e. The maximum atomic E-state index is 14.8. The molecule has 0 unspecified atom stereocenters. The van der Waals surface area contributed by atoms with Crippen molar-refractivity contribution in [3.05, 3.63) is 83.0 Å². The van der Waals surface area contributed by atoms with Crippen molar-refractivity contribution in [3.8, 4) is 28.1 Å². The van der Waals surface area contributed by atoms with E-state index in [0.717, 1.165) is 44.4 Å². The van der Waals surface area contributed by atoms with Crippen molar-refractivity contribution in [1.82, 2.24) is 39.4 Å². The summed E-state index contributed by atoms with van der Waals surface area (Å²) in [4.78, 5) is 65.8. The number of nitrogens with one attached hydrogen (secondary N) is 2. The van der Waals surface area contributed by atoms with Gasteiger partial charge < -0.3 is 34.3 Å². The zero-order valence-corrected chi connectivity index (χ0v) is 43.6. The number of aryl methyl sites for hydroxylation is 1. The van der Waals surface area contributed by atoms with Crippen LogP contribution in [0.25, 0.3) is 33.3 Å². The molecule has 3 aliphatic heterocycles. The highest BCUT2D eigenvalue weighted by molar-refractivity contribution is 7.92. The largest absolute Gasteiger partial charge is 0.508 e. The second-order valence-electron chi connectivity index (χ2n) is 20.6. The van der Waals surface area contributed by atoms with Gasteiger partial charge in [-0.1, -0.05) is 46.4 Å². The fourth-order valence-electron chi connectivity index (χ4n) is 10.3. The van der Waals surface area contributed by atoms with Gasteiger partial charge in [0, 0.05) is 86.8 Å². The first kappa shape index (κ1) is 53.0. The van der Waals surface area contributed by atoms with Gasteiger partial charge in [-0.25, -0.2) is 13.8 Å². The van der Waals surface area contributed by atoms with Gasteiger partial charge in [0.1, 0.15) is 29.4 Å².